The molecule has 0 spiro atoms. The highest BCUT2D eigenvalue weighted by Gasteiger charge is 2.10. The third kappa shape index (κ3) is 3.41. The summed E-state index contributed by atoms with van der Waals surface area (Å²) in [7, 11) is 0. The van der Waals surface area contributed by atoms with Gasteiger partial charge in [0.2, 0.25) is 0 Å². The number of pyridine rings is 1. The molecule has 0 N–H and O–H groups in total. The van der Waals surface area contributed by atoms with E-state index >= 15 is 0 Å². The van der Waals surface area contributed by atoms with Gasteiger partial charge in [-0.05, 0) is 44.5 Å². The predicted octanol–water partition coefficient (Wildman–Crippen LogP) is 3.41. The van der Waals surface area contributed by atoms with Gasteiger partial charge in [-0.1, -0.05) is 12.1 Å². The number of aromatic nitrogens is 1. The van der Waals surface area contributed by atoms with Gasteiger partial charge in [-0.3, -0.25) is 9.78 Å². The molecule has 0 radical (unpaired) electrons. The standard InChI is InChI=1S/C16H17NO2/c1-11(2)19-15-6-4-5-13(8-15)16(18)14-7-12(3)9-17-10-14/h4-11H,1-3H3. The highest BCUT2D eigenvalue weighted by Crippen LogP contribution is 2.18. The van der Waals surface area contributed by atoms with Crippen molar-refractivity contribution in [3.63, 3.8) is 0 Å². The van der Waals surface area contributed by atoms with Crippen LogP contribution in [0, 0.1) is 6.92 Å². The van der Waals surface area contributed by atoms with Gasteiger partial charge in [-0.25, -0.2) is 0 Å². The molecule has 0 unspecified atom stereocenters. The summed E-state index contributed by atoms with van der Waals surface area (Å²) in [6.45, 7) is 5.83. The maximum Gasteiger partial charge on any atom is 0.194 e. The molecule has 19 heavy (non-hydrogen) atoms. The van der Waals surface area contributed by atoms with Crippen LogP contribution in [0.5, 0.6) is 5.75 Å². The lowest BCUT2D eigenvalue weighted by molar-refractivity contribution is 0.103. The fourth-order valence-electron chi connectivity index (χ4n) is 1.83. The Balaban J connectivity index is 2.29. The van der Waals surface area contributed by atoms with Gasteiger partial charge in [0, 0.05) is 23.5 Å². The SMILES string of the molecule is Cc1cncc(C(=O)c2cccc(OC(C)C)c2)c1. The molecular formula is C16H17NO2. The van der Waals surface area contributed by atoms with E-state index in [-0.39, 0.29) is 11.9 Å². The van der Waals surface area contributed by atoms with E-state index in [0.29, 0.717) is 16.9 Å². The number of carbonyl (C=O) groups is 1. The molecule has 3 heteroatoms. The van der Waals surface area contributed by atoms with Gasteiger partial charge in [-0.2, -0.15) is 0 Å². The second kappa shape index (κ2) is 5.65. The van der Waals surface area contributed by atoms with Crippen molar-refractivity contribution in [1.82, 2.24) is 4.98 Å². The number of nitrogens with zero attached hydrogens (tertiary/aromatic N) is 1. The number of aryl methyl sites for hydroxylation is 1. The molecule has 2 rings (SSSR count). The van der Waals surface area contributed by atoms with Crippen molar-refractivity contribution in [2.75, 3.05) is 0 Å². The number of ether oxygens (including phenoxy) is 1. The Labute approximate surface area is 113 Å². The minimum atomic E-state index is -0.0367. The smallest absolute Gasteiger partial charge is 0.194 e. The molecule has 2 aromatic rings. The van der Waals surface area contributed by atoms with E-state index in [1.165, 1.54) is 0 Å². The first kappa shape index (κ1) is 13.3. The molecule has 0 fully saturated rings. The number of rotatable bonds is 4. The van der Waals surface area contributed by atoms with Crippen molar-refractivity contribution < 1.29 is 9.53 Å². The molecule has 0 bridgehead atoms. The average Bonchev–Trinajstić information content (AvgIpc) is 2.37. The topological polar surface area (TPSA) is 39.2 Å². The summed E-state index contributed by atoms with van der Waals surface area (Å²) in [6.07, 6.45) is 3.41. The summed E-state index contributed by atoms with van der Waals surface area (Å²) in [5.74, 6) is 0.673. The number of benzene rings is 1. The molecule has 3 nitrogen and oxygen atoms in total. The van der Waals surface area contributed by atoms with Gasteiger partial charge in [0.05, 0.1) is 6.10 Å². The minimum absolute atomic E-state index is 0.0367. The van der Waals surface area contributed by atoms with E-state index in [9.17, 15) is 4.79 Å². The fraction of sp³-hybridized carbons (Fsp3) is 0.250. The van der Waals surface area contributed by atoms with Crippen LogP contribution in [-0.4, -0.2) is 16.9 Å². The third-order valence-corrected chi connectivity index (χ3v) is 2.61. The summed E-state index contributed by atoms with van der Waals surface area (Å²) in [6, 6.07) is 9.08. The highest BCUT2D eigenvalue weighted by molar-refractivity contribution is 6.09. The zero-order valence-electron chi connectivity index (χ0n) is 11.4. The van der Waals surface area contributed by atoms with Crippen LogP contribution in [0.2, 0.25) is 0 Å². The van der Waals surface area contributed by atoms with Gasteiger partial charge < -0.3 is 4.74 Å². The van der Waals surface area contributed by atoms with Crippen LogP contribution in [0.3, 0.4) is 0 Å². The molecule has 0 saturated heterocycles. The van der Waals surface area contributed by atoms with Crippen LogP contribution >= 0.6 is 0 Å². The Morgan fingerprint density at radius 3 is 2.63 bits per heavy atom. The number of hydrogen-bond acceptors (Lipinski definition) is 3. The third-order valence-electron chi connectivity index (χ3n) is 2.61. The van der Waals surface area contributed by atoms with Crippen LogP contribution < -0.4 is 4.74 Å². The normalized spacial score (nSPS) is 10.5. The van der Waals surface area contributed by atoms with Gasteiger partial charge in [0.25, 0.3) is 0 Å². The average molecular weight is 255 g/mol. The summed E-state index contributed by atoms with van der Waals surface area (Å²) in [5.41, 5.74) is 2.19. The van der Waals surface area contributed by atoms with Gasteiger partial charge in [-0.15, -0.1) is 0 Å². The lowest BCUT2D eigenvalue weighted by Crippen LogP contribution is -2.07. The van der Waals surface area contributed by atoms with Crippen molar-refractivity contribution in [3.8, 4) is 5.75 Å². The Morgan fingerprint density at radius 1 is 1.16 bits per heavy atom. The Kier molecular flexibility index (Phi) is 3.95. The molecule has 0 atom stereocenters. The molecule has 1 aromatic heterocycles. The van der Waals surface area contributed by atoms with Crippen LogP contribution in [0.15, 0.2) is 42.7 Å². The van der Waals surface area contributed by atoms with Gasteiger partial charge in [0.1, 0.15) is 5.75 Å². The lowest BCUT2D eigenvalue weighted by atomic mass is 10.0. The van der Waals surface area contributed by atoms with Crippen molar-refractivity contribution in [3.05, 3.63) is 59.4 Å². The van der Waals surface area contributed by atoms with E-state index in [0.717, 1.165) is 5.56 Å². The predicted molar refractivity (Wildman–Crippen MR) is 74.6 cm³/mol. The number of hydrogen-bond donors (Lipinski definition) is 0. The van der Waals surface area contributed by atoms with Crippen LogP contribution in [-0.2, 0) is 0 Å². The first-order valence-electron chi connectivity index (χ1n) is 6.29. The summed E-state index contributed by atoms with van der Waals surface area (Å²) in [4.78, 5) is 16.4. The highest BCUT2D eigenvalue weighted by atomic mass is 16.5. The molecule has 0 saturated carbocycles. The zero-order chi connectivity index (χ0) is 13.8. The largest absolute Gasteiger partial charge is 0.491 e. The summed E-state index contributed by atoms with van der Waals surface area (Å²) in [5, 5.41) is 0. The maximum atomic E-state index is 12.3. The van der Waals surface area contributed by atoms with E-state index in [1.807, 2.05) is 39.0 Å². The Morgan fingerprint density at radius 2 is 1.95 bits per heavy atom. The Bertz CT molecular complexity index is 591. The van der Waals surface area contributed by atoms with E-state index in [1.54, 1.807) is 24.5 Å². The molecule has 0 aliphatic rings. The van der Waals surface area contributed by atoms with E-state index in [2.05, 4.69) is 4.98 Å². The molecular weight excluding hydrogens is 238 g/mol. The second-order valence-electron chi connectivity index (χ2n) is 4.77. The lowest BCUT2D eigenvalue weighted by Gasteiger charge is -2.10. The summed E-state index contributed by atoms with van der Waals surface area (Å²) < 4.78 is 5.60. The second-order valence-corrected chi connectivity index (χ2v) is 4.77. The first-order chi connectivity index (χ1) is 9.06. The van der Waals surface area contributed by atoms with E-state index in [4.69, 9.17) is 4.74 Å². The number of carbonyl (C=O) groups excluding carboxylic acids is 1. The van der Waals surface area contributed by atoms with Crippen LogP contribution in [0.25, 0.3) is 0 Å². The molecule has 0 aliphatic heterocycles. The zero-order valence-corrected chi connectivity index (χ0v) is 11.4. The molecule has 1 heterocycles. The van der Waals surface area contributed by atoms with Crippen molar-refractivity contribution in [2.24, 2.45) is 0 Å². The van der Waals surface area contributed by atoms with Crippen LogP contribution in [0.1, 0.15) is 35.3 Å². The van der Waals surface area contributed by atoms with Crippen molar-refractivity contribution >= 4 is 5.78 Å². The fourth-order valence-corrected chi connectivity index (χ4v) is 1.83. The quantitative estimate of drug-likeness (QED) is 0.786. The molecule has 1 aromatic carbocycles. The first-order valence-corrected chi connectivity index (χ1v) is 6.29. The molecule has 0 amide bonds. The number of ketones is 1. The van der Waals surface area contributed by atoms with Gasteiger partial charge >= 0.3 is 0 Å². The van der Waals surface area contributed by atoms with Gasteiger partial charge in [0.15, 0.2) is 5.78 Å². The van der Waals surface area contributed by atoms with Crippen molar-refractivity contribution in [2.45, 2.75) is 26.9 Å². The monoisotopic (exact) mass is 255 g/mol. The van der Waals surface area contributed by atoms with Crippen LogP contribution in [0.4, 0.5) is 0 Å². The van der Waals surface area contributed by atoms with E-state index < -0.39 is 0 Å². The maximum absolute atomic E-state index is 12.3. The molecule has 0 aliphatic carbocycles. The summed E-state index contributed by atoms with van der Waals surface area (Å²) >= 11 is 0. The minimum Gasteiger partial charge on any atom is -0.491 e. The Hall–Kier alpha value is -2.16. The molecule has 98 valence electrons. The van der Waals surface area contributed by atoms with Crippen molar-refractivity contribution in [1.29, 1.82) is 0 Å².